The van der Waals surface area contributed by atoms with Crippen LogP contribution in [0.4, 0.5) is 5.69 Å². The maximum Gasteiger partial charge on any atom is 0.245 e. The van der Waals surface area contributed by atoms with Crippen LogP contribution in [0.5, 0.6) is 0 Å². The fraction of sp³-hybridized carbons (Fsp3) is 0.524. The summed E-state index contributed by atoms with van der Waals surface area (Å²) in [7, 11) is 0. The van der Waals surface area contributed by atoms with Gasteiger partial charge in [0.1, 0.15) is 0 Å². The fourth-order valence-corrected chi connectivity index (χ4v) is 3.18. The van der Waals surface area contributed by atoms with Crippen molar-refractivity contribution < 1.29 is 19.1 Å². The van der Waals surface area contributed by atoms with Gasteiger partial charge in [0.05, 0.1) is 11.2 Å². The van der Waals surface area contributed by atoms with Crippen LogP contribution in [0, 0.1) is 5.92 Å². The maximum absolute atomic E-state index is 12.2. The summed E-state index contributed by atoms with van der Waals surface area (Å²) in [5.74, 6) is 0.0805. The average molecular weight is 372 g/mol. The van der Waals surface area contributed by atoms with Crippen molar-refractivity contribution in [3.05, 3.63) is 42.5 Å². The number of ether oxygens (including phenoxy) is 2. The average Bonchev–Trinajstić information content (AvgIpc) is 2.78. The van der Waals surface area contributed by atoms with Crippen molar-refractivity contribution in [3.8, 4) is 0 Å². The van der Waals surface area contributed by atoms with Gasteiger partial charge in [0.15, 0.2) is 6.29 Å². The zero-order valence-electron chi connectivity index (χ0n) is 16.5. The minimum atomic E-state index is -0.414. The van der Waals surface area contributed by atoms with E-state index >= 15 is 0 Å². The number of carbonyl (C=O) groups is 2. The Morgan fingerprint density at radius 2 is 1.70 bits per heavy atom. The van der Waals surface area contributed by atoms with E-state index in [2.05, 4.69) is 11.9 Å². The first-order valence-electron chi connectivity index (χ1n) is 9.28. The smallest absolute Gasteiger partial charge is 0.245 e. The Hall–Kier alpha value is -2.18. The van der Waals surface area contributed by atoms with E-state index in [1.54, 1.807) is 4.90 Å². The van der Waals surface area contributed by atoms with Gasteiger partial charge in [-0.15, -0.1) is 0 Å². The normalized spacial score (nSPS) is 21.6. The number of likely N-dealkylation sites (tertiary alicyclic amines) is 1. The van der Waals surface area contributed by atoms with Crippen molar-refractivity contribution >= 4 is 17.5 Å². The summed E-state index contributed by atoms with van der Waals surface area (Å²) in [5.41, 5.74) is 0.894. The van der Waals surface area contributed by atoms with E-state index in [1.807, 2.05) is 52.0 Å². The predicted molar refractivity (Wildman–Crippen MR) is 103 cm³/mol. The van der Waals surface area contributed by atoms with Gasteiger partial charge in [-0.25, -0.2) is 0 Å². The molecule has 0 unspecified atom stereocenters. The van der Waals surface area contributed by atoms with Gasteiger partial charge in [-0.2, -0.15) is 0 Å². The van der Waals surface area contributed by atoms with Crippen molar-refractivity contribution in [1.29, 1.82) is 0 Å². The predicted octanol–water partition coefficient (Wildman–Crippen LogP) is 3.26. The number of hydrogen-bond donors (Lipinski definition) is 1. The number of anilines is 1. The molecule has 2 aliphatic rings. The first-order chi connectivity index (χ1) is 12.6. The van der Waals surface area contributed by atoms with E-state index in [9.17, 15) is 9.59 Å². The van der Waals surface area contributed by atoms with Gasteiger partial charge in [-0.1, -0.05) is 18.7 Å². The molecule has 6 heteroatoms. The van der Waals surface area contributed by atoms with Crippen molar-refractivity contribution in [2.75, 3.05) is 18.4 Å². The molecule has 0 spiro atoms. The molecule has 0 radical (unpaired) electrons. The van der Waals surface area contributed by atoms with Crippen molar-refractivity contribution in [2.45, 2.75) is 51.6 Å². The standard InChI is InChI=1S/C21H28N2O4/c1-6-18(25)23-12-14(13-23)11-17(24)22-16-9-7-15(8-10-16)19-26-20(2,3)21(4,5)27-19/h6-10,14,19H,1,11-13H2,2-5H3,(H,22,24). The summed E-state index contributed by atoms with van der Waals surface area (Å²) in [6, 6.07) is 7.52. The summed E-state index contributed by atoms with van der Waals surface area (Å²) in [4.78, 5) is 25.3. The van der Waals surface area contributed by atoms with Crippen LogP contribution >= 0.6 is 0 Å². The molecule has 146 valence electrons. The summed E-state index contributed by atoms with van der Waals surface area (Å²) < 4.78 is 12.1. The summed E-state index contributed by atoms with van der Waals surface area (Å²) in [6.07, 6.45) is 1.29. The lowest BCUT2D eigenvalue weighted by Gasteiger charge is -2.38. The van der Waals surface area contributed by atoms with Gasteiger partial charge in [0, 0.05) is 36.7 Å². The first kappa shape index (κ1) is 19.6. The van der Waals surface area contributed by atoms with Crippen molar-refractivity contribution in [3.63, 3.8) is 0 Å². The number of rotatable bonds is 5. The van der Waals surface area contributed by atoms with E-state index in [-0.39, 0.29) is 28.9 Å². The van der Waals surface area contributed by atoms with E-state index in [1.165, 1.54) is 6.08 Å². The van der Waals surface area contributed by atoms with Crippen molar-refractivity contribution in [2.24, 2.45) is 5.92 Å². The Labute approximate surface area is 160 Å². The SMILES string of the molecule is C=CC(=O)N1CC(CC(=O)Nc2ccc(C3OC(C)(C)C(C)(C)O3)cc2)C1. The van der Waals surface area contributed by atoms with Gasteiger partial charge in [-0.3, -0.25) is 9.59 Å². The number of hydrogen-bond acceptors (Lipinski definition) is 4. The van der Waals surface area contributed by atoms with Crippen molar-refractivity contribution in [1.82, 2.24) is 4.90 Å². The second kappa shape index (κ2) is 7.09. The van der Waals surface area contributed by atoms with E-state index < -0.39 is 6.29 Å². The highest BCUT2D eigenvalue weighted by molar-refractivity contribution is 5.91. The van der Waals surface area contributed by atoms with Crippen LogP contribution < -0.4 is 5.32 Å². The Morgan fingerprint density at radius 3 is 2.22 bits per heavy atom. The molecule has 3 rings (SSSR count). The molecule has 0 atom stereocenters. The molecule has 2 aliphatic heterocycles. The Bertz CT molecular complexity index is 717. The van der Waals surface area contributed by atoms with Crippen LogP contribution in [0.15, 0.2) is 36.9 Å². The molecule has 2 saturated heterocycles. The molecule has 1 aromatic carbocycles. The third-order valence-corrected chi connectivity index (χ3v) is 5.64. The molecule has 0 saturated carbocycles. The monoisotopic (exact) mass is 372 g/mol. The molecule has 1 aromatic rings. The van der Waals surface area contributed by atoms with Gasteiger partial charge in [0.2, 0.25) is 11.8 Å². The van der Waals surface area contributed by atoms with Gasteiger partial charge >= 0.3 is 0 Å². The number of carbonyl (C=O) groups excluding carboxylic acids is 2. The number of nitrogens with zero attached hydrogens (tertiary/aromatic N) is 1. The second-order valence-corrected chi connectivity index (χ2v) is 8.28. The lowest BCUT2D eigenvalue weighted by atomic mass is 9.90. The molecule has 2 fully saturated rings. The second-order valence-electron chi connectivity index (χ2n) is 8.28. The minimum absolute atomic E-state index is 0.0471. The molecule has 0 bridgehead atoms. The Balaban J connectivity index is 1.51. The van der Waals surface area contributed by atoms with E-state index in [4.69, 9.17) is 9.47 Å². The summed E-state index contributed by atoms with van der Waals surface area (Å²) in [6.45, 7) is 12.8. The summed E-state index contributed by atoms with van der Waals surface area (Å²) in [5, 5.41) is 2.91. The fourth-order valence-electron chi connectivity index (χ4n) is 3.18. The summed E-state index contributed by atoms with van der Waals surface area (Å²) >= 11 is 0. The molecule has 0 aromatic heterocycles. The zero-order chi connectivity index (χ0) is 19.8. The molecular weight excluding hydrogens is 344 g/mol. The number of benzene rings is 1. The highest BCUT2D eigenvalue weighted by Crippen LogP contribution is 2.44. The molecule has 2 amide bonds. The molecule has 2 heterocycles. The molecule has 6 nitrogen and oxygen atoms in total. The molecule has 27 heavy (non-hydrogen) atoms. The van der Waals surface area contributed by atoms with Crippen LogP contribution in [0.2, 0.25) is 0 Å². The van der Waals surface area contributed by atoms with Crippen LogP contribution in [0.1, 0.15) is 46.0 Å². The van der Waals surface area contributed by atoms with E-state index in [0.717, 1.165) is 11.3 Å². The Kier molecular flexibility index (Phi) is 5.14. The van der Waals surface area contributed by atoms with E-state index in [0.29, 0.717) is 19.5 Å². The molecule has 0 aliphatic carbocycles. The van der Waals surface area contributed by atoms with Gasteiger partial charge in [-0.05, 0) is 45.9 Å². The van der Waals surface area contributed by atoms with Gasteiger partial charge < -0.3 is 19.7 Å². The van der Waals surface area contributed by atoms with Crippen LogP contribution in [0.3, 0.4) is 0 Å². The van der Waals surface area contributed by atoms with Gasteiger partial charge in [0.25, 0.3) is 0 Å². The van der Waals surface area contributed by atoms with Crippen LogP contribution in [-0.4, -0.2) is 41.0 Å². The number of nitrogens with one attached hydrogen (secondary N) is 1. The molecule has 1 N–H and O–H groups in total. The topological polar surface area (TPSA) is 67.9 Å². The third-order valence-electron chi connectivity index (χ3n) is 5.64. The molecular formula is C21H28N2O4. The Morgan fingerprint density at radius 1 is 1.15 bits per heavy atom. The maximum atomic E-state index is 12.2. The quantitative estimate of drug-likeness (QED) is 0.806. The lowest BCUT2D eigenvalue weighted by molar-refractivity contribution is -0.134. The minimum Gasteiger partial charge on any atom is -0.339 e. The first-order valence-corrected chi connectivity index (χ1v) is 9.28. The highest BCUT2D eigenvalue weighted by atomic mass is 16.7. The van der Waals surface area contributed by atoms with Crippen LogP contribution in [-0.2, 0) is 19.1 Å². The highest BCUT2D eigenvalue weighted by Gasteiger charge is 2.49. The largest absolute Gasteiger partial charge is 0.339 e. The zero-order valence-corrected chi connectivity index (χ0v) is 16.5. The third kappa shape index (κ3) is 4.06. The number of amides is 2. The van der Waals surface area contributed by atoms with Crippen LogP contribution in [0.25, 0.3) is 0 Å². The lowest BCUT2D eigenvalue weighted by Crippen LogP contribution is -2.50.